The normalized spacial score (nSPS) is 15.1. The fraction of sp³-hybridized carbons (Fsp3) is 0.409. The van der Waals surface area contributed by atoms with Crippen LogP contribution in [-0.4, -0.2) is 38.6 Å². The number of sulfonamides is 1. The predicted molar refractivity (Wildman–Crippen MR) is 116 cm³/mol. The first kappa shape index (κ1) is 21.3. The highest BCUT2D eigenvalue weighted by atomic mass is 32.2. The third kappa shape index (κ3) is 6.30. The number of rotatable bonds is 7. The van der Waals surface area contributed by atoms with Crippen LogP contribution in [0.4, 0.5) is 5.69 Å². The Morgan fingerprint density at radius 1 is 1.03 bits per heavy atom. The number of piperidine rings is 1. The van der Waals surface area contributed by atoms with Crippen molar-refractivity contribution in [3.63, 3.8) is 0 Å². The van der Waals surface area contributed by atoms with E-state index in [1.165, 1.54) is 24.8 Å². The first-order chi connectivity index (χ1) is 13.8. The minimum atomic E-state index is -3.35. The lowest BCUT2D eigenvalue weighted by molar-refractivity contribution is 0.0950. The van der Waals surface area contributed by atoms with Crippen LogP contribution < -0.4 is 10.0 Å². The summed E-state index contributed by atoms with van der Waals surface area (Å²) in [6.45, 7) is 5.42. The third-order valence-corrected chi connectivity index (χ3v) is 5.78. The van der Waals surface area contributed by atoms with Crippen molar-refractivity contribution < 1.29 is 13.2 Å². The molecule has 2 aromatic rings. The van der Waals surface area contributed by atoms with Crippen LogP contribution >= 0.6 is 0 Å². The lowest BCUT2D eigenvalue weighted by atomic mass is 10.0. The van der Waals surface area contributed by atoms with E-state index >= 15 is 0 Å². The summed E-state index contributed by atoms with van der Waals surface area (Å²) in [4.78, 5) is 15.1. The molecule has 29 heavy (non-hydrogen) atoms. The molecule has 7 heteroatoms. The smallest absolute Gasteiger partial charge is 0.251 e. The summed E-state index contributed by atoms with van der Waals surface area (Å²) in [6.07, 6.45) is 4.92. The average Bonchev–Trinajstić information content (AvgIpc) is 2.68. The summed E-state index contributed by atoms with van der Waals surface area (Å²) in [5, 5.41) is 2.99. The largest absolute Gasteiger partial charge is 0.348 e. The van der Waals surface area contributed by atoms with Gasteiger partial charge in [-0.3, -0.25) is 14.4 Å². The molecule has 2 aromatic carbocycles. The van der Waals surface area contributed by atoms with Gasteiger partial charge >= 0.3 is 0 Å². The van der Waals surface area contributed by atoms with E-state index < -0.39 is 10.0 Å². The second kappa shape index (κ2) is 9.41. The molecule has 3 rings (SSSR count). The summed E-state index contributed by atoms with van der Waals surface area (Å²) < 4.78 is 25.3. The summed E-state index contributed by atoms with van der Waals surface area (Å²) in [6, 6.07) is 13.2. The van der Waals surface area contributed by atoms with Crippen molar-refractivity contribution in [2.45, 2.75) is 39.3 Å². The molecular weight excluding hydrogens is 386 g/mol. The summed E-state index contributed by atoms with van der Waals surface area (Å²) in [5.74, 6) is -0.174. The summed E-state index contributed by atoms with van der Waals surface area (Å²) in [7, 11) is -3.35. The van der Waals surface area contributed by atoms with E-state index in [0.29, 0.717) is 23.4 Å². The van der Waals surface area contributed by atoms with Crippen molar-refractivity contribution in [1.82, 2.24) is 10.2 Å². The molecule has 1 saturated heterocycles. The topological polar surface area (TPSA) is 78.5 Å². The molecule has 0 radical (unpaired) electrons. The molecule has 1 heterocycles. The third-order valence-electron chi connectivity index (χ3n) is 5.18. The minimum Gasteiger partial charge on any atom is -0.348 e. The van der Waals surface area contributed by atoms with Crippen LogP contribution in [0.15, 0.2) is 42.5 Å². The lowest BCUT2D eigenvalue weighted by Crippen LogP contribution is -2.30. The van der Waals surface area contributed by atoms with Crippen molar-refractivity contribution >= 4 is 21.6 Å². The van der Waals surface area contributed by atoms with Gasteiger partial charge in [0.2, 0.25) is 10.0 Å². The van der Waals surface area contributed by atoms with Gasteiger partial charge in [-0.25, -0.2) is 8.42 Å². The maximum Gasteiger partial charge on any atom is 0.251 e. The van der Waals surface area contributed by atoms with E-state index in [1.807, 2.05) is 12.1 Å². The number of carbonyl (C=O) groups is 1. The zero-order valence-corrected chi connectivity index (χ0v) is 17.9. The average molecular weight is 416 g/mol. The Morgan fingerprint density at radius 2 is 1.72 bits per heavy atom. The van der Waals surface area contributed by atoms with E-state index in [0.717, 1.165) is 31.5 Å². The number of benzene rings is 2. The summed E-state index contributed by atoms with van der Waals surface area (Å²) >= 11 is 0. The van der Waals surface area contributed by atoms with Crippen molar-refractivity contribution in [3.8, 4) is 0 Å². The number of aryl methyl sites for hydroxylation is 1. The van der Waals surface area contributed by atoms with Crippen molar-refractivity contribution in [1.29, 1.82) is 0 Å². The highest BCUT2D eigenvalue weighted by Crippen LogP contribution is 2.19. The zero-order valence-electron chi connectivity index (χ0n) is 17.1. The molecule has 0 spiro atoms. The molecule has 0 aromatic heterocycles. The highest BCUT2D eigenvalue weighted by Gasteiger charge is 2.14. The Balaban J connectivity index is 1.64. The van der Waals surface area contributed by atoms with E-state index in [1.54, 1.807) is 25.1 Å². The first-order valence-electron chi connectivity index (χ1n) is 9.97. The monoisotopic (exact) mass is 415 g/mol. The van der Waals surface area contributed by atoms with Gasteiger partial charge in [0, 0.05) is 18.7 Å². The molecular formula is C22H29N3O3S. The molecule has 0 bridgehead atoms. The Morgan fingerprint density at radius 3 is 2.38 bits per heavy atom. The van der Waals surface area contributed by atoms with Crippen LogP contribution in [0, 0.1) is 6.92 Å². The number of nitrogens with one attached hydrogen (secondary N) is 2. The lowest BCUT2D eigenvalue weighted by Gasteiger charge is -2.27. The number of hydrogen-bond acceptors (Lipinski definition) is 4. The van der Waals surface area contributed by atoms with Gasteiger partial charge in [-0.1, -0.05) is 30.7 Å². The van der Waals surface area contributed by atoms with Gasteiger partial charge in [-0.15, -0.1) is 0 Å². The van der Waals surface area contributed by atoms with Crippen molar-refractivity contribution in [3.05, 3.63) is 64.7 Å². The van der Waals surface area contributed by atoms with Gasteiger partial charge in [0.1, 0.15) is 0 Å². The molecule has 6 nitrogen and oxygen atoms in total. The first-order valence-corrected chi connectivity index (χ1v) is 11.9. The maximum atomic E-state index is 12.6. The van der Waals surface area contributed by atoms with Gasteiger partial charge in [0.25, 0.3) is 5.91 Å². The van der Waals surface area contributed by atoms with Crippen LogP contribution in [0.5, 0.6) is 0 Å². The fourth-order valence-corrected chi connectivity index (χ4v) is 4.27. The number of nitrogens with zero attached hydrogens (tertiary/aromatic N) is 1. The number of anilines is 1. The minimum absolute atomic E-state index is 0.174. The Hall–Kier alpha value is -2.38. The predicted octanol–water partition coefficient (Wildman–Crippen LogP) is 3.28. The van der Waals surface area contributed by atoms with Crippen LogP contribution in [-0.2, 0) is 23.1 Å². The quantitative estimate of drug-likeness (QED) is 0.727. The van der Waals surface area contributed by atoms with E-state index in [9.17, 15) is 13.2 Å². The molecule has 0 unspecified atom stereocenters. The van der Waals surface area contributed by atoms with Crippen molar-refractivity contribution in [2.24, 2.45) is 0 Å². The molecule has 1 aliphatic rings. The van der Waals surface area contributed by atoms with E-state index in [4.69, 9.17) is 0 Å². The second-order valence-electron chi connectivity index (χ2n) is 7.69. The Bertz CT molecular complexity index is 967. The number of amides is 1. The number of hydrogen-bond donors (Lipinski definition) is 2. The van der Waals surface area contributed by atoms with Gasteiger partial charge in [0.05, 0.1) is 11.9 Å². The maximum absolute atomic E-state index is 12.6. The van der Waals surface area contributed by atoms with Crippen LogP contribution in [0.2, 0.25) is 0 Å². The standard InChI is InChI=1S/C22H29N3O3S/c1-17-14-18(10-11-21(17)24-29(2,27)28)22(26)23-15-19-8-4-5-9-20(19)16-25-12-6-3-7-13-25/h4-5,8-11,14,24H,3,6-7,12-13,15-16H2,1-2H3,(H,23,26). The zero-order chi connectivity index (χ0) is 20.9. The second-order valence-corrected chi connectivity index (χ2v) is 9.44. The summed E-state index contributed by atoms with van der Waals surface area (Å²) in [5.41, 5.74) is 4.07. The highest BCUT2D eigenvalue weighted by molar-refractivity contribution is 7.92. The van der Waals surface area contributed by atoms with Gasteiger partial charge in [-0.2, -0.15) is 0 Å². The van der Waals surface area contributed by atoms with Crippen LogP contribution in [0.25, 0.3) is 0 Å². The molecule has 2 N–H and O–H groups in total. The molecule has 0 saturated carbocycles. The van der Waals surface area contributed by atoms with Gasteiger partial charge in [-0.05, 0) is 67.7 Å². The molecule has 1 aliphatic heterocycles. The number of likely N-dealkylation sites (tertiary alicyclic amines) is 1. The fourth-order valence-electron chi connectivity index (χ4n) is 3.64. The molecule has 156 valence electrons. The molecule has 1 amide bonds. The number of carbonyl (C=O) groups excluding carboxylic acids is 1. The molecule has 1 fully saturated rings. The van der Waals surface area contributed by atoms with Crippen molar-refractivity contribution in [2.75, 3.05) is 24.1 Å². The Kier molecular flexibility index (Phi) is 6.92. The van der Waals surface area contributed by atoms with Gasteiger partial charge in [0.15, 0.2) is 0 Å². The molecule has 0 atom stereocenters. The van der Waals surface area contributed by atoms with Crippen LogP contribution in [0.1, 0.15) is 46.3 Å². The van der Waals surface area contributed by atoms with Crippen LogP contribution in [0.3, 0.4) is 0 Å². The molecule has 0 aliphatic carbocycles. The SMILES string of the molecule is Cc1cc(C(=O)NCc2ccccc2CN2CCCCC2)ccc1NS(C)(=O)=O. The van der Waals surface area contributed by atoms with Gasteiger partial charge < -0.3 is 5.32 Å². The van der Waals surface area contributed by atoms with E-state index in [-0.39, 0.29) is 5.91 Å². The van der Waals surface area contributed by atoms with E-state index in [2.05, 4.69) is 27.1 Å². The Labute approximate surface area is 173 Å².